The van der Waals surface area contributed by atoms with E-state index in [4.69, 9.17) is 18.9 Å². The van der Waals surface area contributed by atoms with E-state index in [1.54, 1.807) is 6.08 Å². The van der Waals surface area contributed by atoms with Gasteiger partial charge in [-0.1, -0.05) is 78.6 Å². The molecule has 200 valence electrons. The van der Waals surface area contributed by atoms with E-state index in [1.165, 1.54) is 44.6 Å². The van der Waals surface area contributed by atoms with Crippen molar-refractivity contribution < 1.29 is 23.7 Å². The van der Waals surface area contributed by atoms with Crippen molar-refractivity contribution in [1.82, 2.24) is 0 Å². The largest absolute Gasteiger partial charge is 0.490 e. The third-order valence-corrected chi connectivity index (χ3v) is 5.56. The molecule has 0 spiro atoms. The quantitative estimate of drug-likeness (QED) is 0.0981. The highest BCUT2D eigenvalue weighted by atomic mass is 16.5. The lowest BCUT2D eigenvalue weighted by Crippen LogP contribution is -2.08. The van der Waals surface area contributed by atoms with Crippen LogP contribution in [-0.4, -0.2) is 31.9 Å². The molecule has 5 nitrogen and oxygen atoms in total. The van der Waals surface area contributed by atoms with Crippen LogP contribution in [0.2, 0.25) is 0 Å². The molecule has 0 aliphatic carbocycles. The fraction of sp³-hybridized carbons (Fsp3) is 0.700. The van der Waals surface area contributed by atoms with Gasteiger partial charge in [0.05, 0.1) is 25.9 Å². The standard InChI is InChI=1S/C30H50O5/c1-6-9-12-15-20-32-27-23-26(18-19-29(31)35-25(4)5)24-28(33-21-16-13-10-7-2)30(27)34-22-17-14-11-8-3/h18-19,23-25H,6-17,20-22H2,1-5H3. The van der Waals surface area contributed by atoms with E-state index in [0.717, 1.165) is 44.1 Å². The molecule has 0 heterocycles. The van der Waals surface area contributed by atoms with Crippen LogP contribution in [0, 0.1) is 0 Å². The summed E-state index contributed by atoms with van der Waals surface area (Å²) in [7, 11) is 0. The van der Waals surface area contributed by atoms with Crippen molar-refractivity contribution in [3.63, 3.8) is 0 Å². The van der Waals surface area contributed by atoms with Gasteiger partial charge in [0.15, 0.2) is 11.5 Å². The highest BCUT2D eigenvalue weighted by Crippen LogP contribution is 2.40. The lowest BCUT2D eigenvalue weighted by Gasteiger charge is -2.18. The van der Waals surface area contributed by atoms with E-state index in [1.807, 2.05) is 26.0 Å². The summed E-state index contributed by atoms with van der Waals surface area (Å²) >= 11 is 0. The normalized spacial score (nSPS) is 11.3. The molecule has 0 saturated carbocycles. The van der Waals surface area contributed by atoms with Gasteiger partial charge in [0.1, 0.15) is 0 Å². The molecular formula is C30H50O5. The lowest BCUT2D eigenvalue weighted by molar-refractivity contribution is -0.141. The van der Waals surface area contributed by atoms with E-state index in [-0.39, 0.29) is 12.1 Å². The summed E-state index contributed by atoms with van der Waals surface area (Å²) in [4.78, 5) is 12.0. The van der Waals surface area contributed by atoms with Crippen LogP contribution < -0.4 is 14.2 Å². The van der Waals surface area contributed by atoms with Gasteiger partial charge >= 0.3 is 5.97 Å². The topological polar surface area (TPSA) is 54.0 Å². The number of hydrogen-bond donors (Lipinski definition) is 0. The lowest BCUT2D eigenvalue weighted by atomic mass is 10.1. The molecule has 35 heavy (non-hydrogen) atoms. The van der Waals surface area contributed by atoms with Crippen LogP contribution in [-0.2, 0) is 9.53 Å². The fourth-order valence-corrected chi connectivity index (χ4v) is 3.61. The van der Waals surface area contributed by atoms with Crippen molar-refractivity contribution in [2.75, 3.05) is 19.8 Å². The van der Waals surface area contributed by atoms with Gasteiger partial charge < -0.3 is 18.9 Å². The Kier molecular flexibility index (Phi) is 17.7. The summed E-state index contributed by atoms with van der Waals surface area (Å²) in [6.45, 7) is 12.2. The van der Waals surface area contributed by atoms with Gasteiger partial charge in [-0.2, -0.15) is 0 Å². The summed E-state index contributed by atoms with van der Waals surface area (Å²) < 4.78 is 23.9. The second-order valence-electron chi connectivity index (χ2n) is 9.39. The number of benzene rings is 1. The molecule has 1 rings (SSSR count). The zero-order valence-electron chi connectivity index (χ0n) is 23.0. The zero-order valence-corrected chi connectivity index (χ0v) is 23.0. The number of ether oxygens (including phenoxy) is 4. The first kappa shape index (κ1) is 30.9. The molecule has 0 N–H and O–H groups in total. The summed E-state index contributed by atoms with van der Waals surface area (Å²) in [5, 5.41) is 0. The molecule has 0 radical (unpaired) electrons. The Morgan fingerprint density at radius 1 is 0.714 bits per heavy atom. The predicted octanol–water partition coefficient (Wildman–Crippen LogP) is 8.53. The van der Waals surface area contributed by atoms with Crippen LogP contribution in [0.4, 0.5) is 0 Å². The second kappa shape index (κ2) is 20.1. The van der Waals surface area contributed by atoms with Gasteiger partial charge in [-0.05, 0) is 56.9 Å². The van der Waals surface area contributed by atoms with Crippen LogP contribution in [0.3, 0.4) is 0 Å². The number of esters is 1. The Morgan fingerprint density at radius 3 is 1.60 bits per heavy atom. The van der Waals surface area contributed by atoms with Crippen molar-refractivity contribution in [2.24, 2.45) is 0 Å². The molecular weight excluding hydrogens is 440 g/mol. The van der Waals surface area contributed by atoms with Gasteiger partial charge in [0, 0.05) is 6.08 Å². The van der Waals surface area contributed by atoms with E-state index in [0.29, 0.717) is 37.1 Å². The first-order valence-corrected chi connectivity index (χ1v) is 14.0. The summed E-state index contributed by atoms with van der Waals surface area (Å²) in [6.07, 6.45) is 16.7. The SMILES string of the molecule is CCCCCCOc1cc(C=CC(=O)OC(C)C)cc(OCCCCCC)c1OCCCCCC. The average molecular weight is 491 g/mol. The van der Waals surface area contributed by atoms with Crippen molar-refractivity contribution in [2.45, 2.75) is 118 Å². The molecule has 5 heteroatoms. The van der Waals surface area contributed by atoms with Gasteiger partial charge in [-0.3, -0.25) is 0 Å². The van der Waals surface area contributed by atoms with Crippen LogP contribution in [0.25, 0.3) is 6.08 Å². The van der Waals surface area contributed by atoms with Gasteiger partial charge in [-0.15, -0.1) is 0 Å². The van der Waals surface area contributed by atoms with Crippen molar-refractivity contribution >= 4 is 12.0 Å². The Hall–Kier alpha value is -2.17. The maximum Gasteiger partial charge on any atom is 0.331 e. The Balaban J connectivity index is 3.09. The van der Waals surface area contributed by atoms with Crippen LogP contribution in [0.5, 0.6) is 17.2 Å². The van der Waals surface area contributed by atoms with E-state index in [9.17, 15) is 4.79 Å². The summed E-state index contributed by atoms with van der Waals surface area (Å²) in [5.41, 5.74) is 0.830. The van der Waals surface area contributed by atoms with Gasteiger partial charge in [0.2, 0.25) is 5.75 Å². The highest BCUT2D eigenvalue weighted by molar-refractivity contribution is 5.87. The molecule has 0 amide bonds. The number of carbonyl (C=O) groups excluding carboxylic acids is 1. The van der Waals surface area contributed by atoms with Crippen LogP contribution in [0.1, 0.15) is 117 Å². The number of hydrogen-bond acceptors (Lipinski definition) is 5. The van der Waals surface area contributed by atoms with Crippen molar-refractivity contribution in [3.8, 4) is 17.2 Å². The summed E-state index contributed by atoms with van der Waals surface area (Å²) in [5.74, 6) is 1.68. The number of unbranched alkanes of at least 4 members (excludes halogenated alkanes) is 9. The average Bonchev–Trinajstić information content (AvgIpc) is 2.83. The molecule has 1 aromatic carbocycles. The van der Waals surface area contributed by atoms with Crippen molar-refractivity contribution in [1.29, 1.82) is 0 Å². The van der Waals surface area contributed by atoms with E-state index < -0.39 is 0 Å². The fourth-order valence-electron chi connectivity index (χ4n) is 3.61. The molecule has 0 atom stereocenters. The predicted molar refractivity (Wildman–Crippen MR) is 146 cm³/mol. The van der Waals surface area contributed by atoms with Gasteiger partial charge in [0.25, 0.3) is 0 Å². The maximum atomic E-state index is 12.0. The maximum absolute atomic E-state index is 12.0. The smallest absolute Gasteiger partial charge is 0.331 e. The Labute approximate surface area is 214 Å². The molecule has 0 unspecified atom stereocenters. The minimum Gasteiger partial charge on any atom is -0.490 e. The number of carbonyl (C=O) groups is 1. The van der Waals surface area contributed by atoms with Crippen molar-refractivity contribution in [3.05, 3.63) is 23.8 Å². The monoisotopic (exact) mass is 490 g/mol. The highest BCUT2D eigenvalue weighted by Gasteiger charge is 2.16. The second-order valence-corrected chi connectivity index (χ2v) is 9.39. The Morgan fingerprint density at radius 2 is 1.17 bits per heavy atom. The molecule has 0 saturated heterocycles. The first-order valence-electron chi connectivity index (χ1n) is 14.0. The van der Waals surface area contributed by atoms with E-state index >= 15 is 0 Å². The molecule has 0 aliphatic heterocycles. The molecule has 0 aliphatic rings. The Bertz CT molecular complexity index is 676. The van der Waals surface area contributed by atoms with E-state index in [2.05, 4.69) is 20.8 Å². The van der Waals surface area contributed by atoms with Gasteiger partial charge in [-0.25, -0.2) is 4.79 Å². The third kappa shape index (κ3) is 14.7. The molecule has 1 aromatic rings. The minimum absolute atomic E-state index is 0.153. The molecule has 0 fully saturated rings. The van der Waals surface area contributed by atoms with Crippen LogP contribution >= 0.6 is 0 Å². The zero-order chi connectivity index (χ0) is 25.7. The summed E-state index contributed by atoms with van der Waals surface area (Å²) in [6, 6.07) is 3.87. The molecule has 0 aromatic heterocycles. The van der Waals surface area contributed by atoms with Crippen LogP contribution in [0.15, 0.2) is 18.2 Å². The third-order valence-electron chi connectivity index (χ3n) is 5.56. The first-order chi connectivity index (χ1) is 17.0. The number of rotatable bonds is 21. The molecule has 0 bridgehead atoms. The minimum atomic E-state index is -0.361.